The lowest BCUT2D eigenvalue weighted by Crippen LogP contribution is -2.13. The summed E-state index contributed by atoms with van der Waals surface area (Å²) in [7, 11) is 3.40. The molecule has 2 heterocycles. The Labute approximate surface area is 133 Å². The van der Waals surface area contributed by atoms with E-state index in [4.69, 9.17) is 4.74 Å². The summed E-state index contributed by atoms with van der Waals surface area (Å²) in [5.74, 6) is 0.264. The molecule has 3 aromatic rings. The Morgan fingerprint density at radius 1 is 1.22 bits per heavy atom. The van der Waals surface area contributed by atoms with Gasteiger partial charge in [0.2, 0.25) is 0 Å². The van der Waals surface area contributed by atoms with Crippen LogP contribution in [0.25, 0.3) is 11.1 Å². The van der Waals surface area contributed by atoms with E-state index < -0.39 is 0 Å². The minimum atomic E-state index is -0.243. The Balaban J connectivity index is 1.89. The highest BCUT2D eigenvalue weighted by Crippen LogP contribution is 2.27. The van der Waals surface area contributed by atoms with Gasteiger partial charge in [-0.1, -0.05) is 6.07 Å². The fraction of sp³-hybridized carbons (Fsp3) is 0.118. The molecule has 2 aromatic heterocycles. The number of carbonyl (C=O) groups excluding carboxylic acids is 1. The van der Waals surface area contributed by atoms with Gasteiger partial charge in [0, 0.05) is 25.0 Å². The lowest BCUT2D eigenvalue weighted by atomic mass is 10.1. The zero-order valence-electron chi connectivity index (χ0n) is 12.9. The Kier molecular flexibility index (Phi) is 4.05. The number of nitrogens with one attached hydrogen (secondary N) is 1. The molecule has 0 aliphatic carbocycles. The molecule has 0 unspecified atom stereocenters. The quantitative estimate of drug-likeness (QED) is 0.804. The number of amides is 1. The minimum Gasteiger partial charge on any atom is -0.496 e. The number of methoxy groups -OCH3 is 1. The molecule has 0 radical (unpaired) electrons. The molecule has 0 aliphatic rings. The number of carbonyl (C=O) groups is 1. The second kappa shape index (κ2) is 6.31. The van der Waals surface area contributed by atoms with E-state index >= 15 is 0 Å². The zero-order chi connectivity index (χ0) is 16.2. The highest BCUT2D eigenvalue weighted by Gasteiger charge is 2.14. The lowest BCUT2D eigenvalue weighted by molar-refractivity contribution is 0.102. The van der Waals surface area contributed by atoms with Crippen LogP contribution < -0.4 is 10.1 Å². The van der Waals surface area contributed by atoms with Crippen LogP contribution in [0.15, 0.2) is 55.1 Å². The summed E-state index contributed by atoms with van der Waals surface area (Å²) in [6.07, 6.45) is 6.92. The average molecular weight is 308 g/mol. The molecule has 23 heavy (non-hydrogen) atoms. The van der Waals surface area contributed by atoms with Gasteiger partial charge in [0.1, 0.15) is 5.75 Å². The molecule has 116 valence electrons. The smallest absolute Gasteiger partial charge is 0.259 e. The molecular weight excluding hydrogens is 292 g/mol. The van der Waals surface area contributed by atoms with Crippen LogP contribution in [0.5, 0.6) is 5.75 Å². The monoisotopic (exact) mass is 308 g/mol. The van der Waals surface area contributed by atoms with Crippen molar-refractivity contribution in [3.63, 3.8) is 0 Å². The Morgan fingerprint density at radius 2 is 2.09 bits per heavy atom. The summed E-state index contributed by atoms with van der Waals surface area (Å²) in [6.45, 7) is 0. The fourth-order valence-corrected chi connectivity index (χ4v) is 2.26. The predicted octanol–water partition coefficient (Wildman–Crippen LogP) is 2.74. The van der Waals surface area contributed by atoms with Crippen LogP contribution in [0.4, 0.5) is 5.69 Å². The summed E-state index contributed by atoms with van der Waals surface area (Å²) in [5.41, 5.74) is 3.00. The molecule has 1 N–H and O–H groups in total. The van der Waals surface area contributed by atoms with Crippen molar-refractivity contribution in [2.45, 2.75) is 0 Å². The third-order valence-electron chi connectivity index (χ3n) is 3.40. The maximum absolute atomic E-state index is 12.4. The largest absolute Gasteiger partial charge is 0.496 e. The molecule has 6 nitrogen and oxygen atoms in total. The Bertz CT molecular complexity index is 828. The number of ether oxygens (including phenoxy) is 1. The first-order valence-corrected chi connectivity index (χ1v) is 7.06. The van der Waals surface area contributed by atoms with Crippen LogP contribution in [0, 0.1) is 0 Å². The SMILES string of the molecule is COc1cc(-c2cnn(C)c2)ccc1C(=O)Nc1cccnc1. The summed E-state index contributed by atoms with van der Waals surface area (Å²) >= 11 is 0. The standard InChI is InChI=1S/C17H16N4O2/c1-21-11-13(9-19-21)12-5-6-15(16(8-12)23-2)17(22)20-14-4-3-7-18-10-14/h3-11H,1-2H3,(H,20,22). The van der Waals surface area contributed by atoms with E-state index in [1.807, 2.05) is 25.4 Å². The first-order chi connectivity index (χ1) is 11.2. The minimum absolute atomic E-state index is 0.243. The van der Waals surface area contributed by atoms with E-state index in [0.29, 0.717) is 17.0 Å². The molecule has 0 bridgehead atoms. The fourth-order valence-electron chi connectivity index (χ4n) is 2.26. The maximum Gasteiger partial charge on any atom is 0.259 e. The highest BCUT2D eigenvalue weighted by atomic mass is 16.5. The average Bonchev–Trinajstić information content (AvgIpc) is 3.01. The molecule has 0 fully saturated rings. The number of hydrogen-bond acceptors (Lipinski definition) is 4. The molecule has 0 aliphatic heterocycles. The van der Waals surface area contributed by atoms with Gasteiger partial charge >= 0.3 is 0 Å². The van der Waals surface area contributed by atoms with Crippen molar-refractivity contribution >= 4 is 11.6 Å². The van der Waals surface area contributed by atoms with Gasteiger partial charge in [-0.05, 0) is 29.8 Å². The number of benzene rings is 1. The van der Waals surface area contributed by atoms with Crippen molar-refractivity contribution in [1.82, 2.24) is 14.8 Å². The van der Waals surface area contributed by atoms with Gasteiger partial charge in [0.15, 0.2) is 0 Å². The molecule has 0 saturated carbocycles. The van der Waals surface area contributed by atoms with Gasteiger partial charge in [-0.15, -0.1) is 0 Å². The van der Waals surface area contributed by atoms with Crippen LogP contribution in [0.3, 0.4) is 0 Å². The molecule has 1 aromatic carbocycles. The van der Waals surface area contributed by atoms with Crippen molar-refractivity contribution in [3.05, 3.63) is 60.7 Å². The Morgan fingerprint density at radius 3 is 2.74 bits per heavy atom. The van der Waals surface area contributed by atoms with E-state index in [0.717, 1.165) is 11.1 Å². The number of anilines is 1. The molecule has 0 atom stereocenters. The van der Waals surface area contributed by atoms with Gasteiger partial charge in [0.25, 0.3) is 5.91 Å². The summed E-state index contributed by atoms with van der Waals surface area (Å²) in [5, 5.41) is 6.95. The van der Waals surface area contributed by atoms with Gasteiger partial charge in [0.05, 0.1) is 30.8 Å². The normalized spacial score (nSPS) is 10.3. The summed E-state index contributed by atoms with van der Waals surface area (Å²) in [4.78, 5) is 16.4. The number of aromatic nitrogens is 3. The number of aryl methyl sites for hydroxylation is 1. The molecule has 0 spiro atoms. The van der Waals surface area contributed by atoms with Crippen molar-refractivity contribution in [1.29, 1.82) is 0 Å². The third-order valence-corrected chi connectivity index (χ3v) is 3.40. The van der Waals surface area contributed by atoms with E-state index in [9.17, 15) is 4.79 Å². The summed E-state index contributed by atoms with van der Waals surface area (Å²) in [6, 6.07) is 8.99. The molecule has 1 amide bonds. The van der Waals surface area contributed by atoms with Crippen LogP contribution in [0.1, 0.15) is 10.4 Å². The number of nitrogens with zero attached hydrogens (tertiary/aromatic N) is 3. The van der Waals surface area contributed by atoms with E-state index in [-0.39, 0.29) is 5.91 Å². The van der Waals surface area contributed by atoms with Crippen molar-refractivity contribution in [2.24, 2.45) is 7.05 Å². The van der Waals surface area contributed by atoms with Crippen molar-refractivity contribution < 1.29 is 9.53 Å². The first-order valence-electron chi connectivity index (χ1n) is 7.06. The molecule has 0 saturated heterocycles. The van der Waals surface area contributed by atoms with Gasteiger partial charge in [-0.2, -0.15) is 5.10 Å². The summed E-state index contributed by atoms with van der Waals surface area (Å²) < 4.78 is 7.10. The Hall–Kier alpha value is -3.15. The van der Waals surface area contributed by atoms with E-state index in [2.05, 4.69) is 15.4 Å². The zero-order valence-corrected chi connectivity index (χ0v) is 12.9. The third kappa shape index (κ3) is 3.21. The molecule has 6 heteroatoms. The van der Waals surface area contributed by atoms with Crippen LogP contribution in [-0.2, 0) is 7.05 Å². The number of pyridine rings is 1. The van der Waals surface area contributed by atoms with Gasteiger partial charge < -0.3 is 10.1 Å². The van der Waals surface area contributed by atoms with Crippen molar-refractivity contribution in [2.75, 3.05) is 12.4 Å². The van der Waals surface area contributed by atoms with Crippen LogP contribution in [0.2, 0.25) is 0 Å². The van der Waals surface area contributed by atoms with Gasteiger partial charge in [-0.3, -0.25) is 14.5 Å². The number of rotatable bonds is 4. The topological polar surface area (TPSA) is 69.0 Å². The van der Waals surface area contributed by atoms with Crippen LogP contribution in [-0.4, -0.2) is 27.8 Å². The first kappa shape index (κ1) is 14.8. The second-order valence-electron chi connectivity index (χ2n) is 5.01. The van der Waals surface area contributed by atoms with Gasteiger partial charge in [-0.25, -0.2) is 0 Å². The van der Waals surface area contributed by atoms with E-state index in [1.54, 1.807) is 48.6 Å². The van der Waals surface area contributed by atoms with E-state index in [1.165, 1.54) is 0 Å². The molecule has 3 rings (SSSR count). The second-order valence-corrected chi connectivity index (χ2v) is 5.01. The van der Waals surface area contributed by atoms with Crippen molar-refractivity contribution in [3.8, 4) is 16.9 Å². The highest BCUT2D eigenvalue weighted by molar-refractivity contribution is 6.06. The maximum atomic E-state index is 12.4. The predicted molar refractivity (Wildman–Crippen MR) is 87.4 cm³/mol. The van der Waals surface area contributed by atoms with Crippen LogP contribution >= 0.6 is 0 Å². The lowest BCUT2D eigenvalue weighted by Gasteiger charge is -2.10. The molecular formula is C17H16N4O2. The number of hydrogen-bond donors (Lipinski definition) is 1.